The Bertz CT molecular complexity index is 586. The average molecular weight is 278 g/mol. The maximum atomic E-state index is 10.6. The van der Waals surface area contributed by atoms with Crippen LogP contribution in [-0.4, -0.2) is 16.1 Å². The molecular formula is C14H12ClNO3. The molecule has 0 aliphatic heterocycles. The molecule has 0 amide bonds. The molecule has 0 spiro atoms. The molecule has 1 aromatic carbocycles. The minimum absolute atomic E-state index is 0.0206. The van der Waals surface area contributed by atoms with Gasteiger partial charge in [-0.15, -0.1) is 0 Å². The molecule has 0 saturated carbocycles. The van der Waals surface area contributed by atoms with Crippen molar-refractivity contribution in [3.8, 4) is 5.75 Å². The van der Waals surface area contributed by atoms with Crippen molar-refractivity contribution in [2.24, 2.45) is 0 Å². The summed E-state index contributed by atoms with van der Waals surface area (Å²) < 4.78 is 5.59. The summed E-state index contributed by atoms with van der Waals surface area (Å²) in [6.45, 7) is 0.317. The third-order valence-corrected chi connectivity index (χ3v) is 2.84. The van der Waals surface area contributed by atoms with Crippen LogP contribution in [0.5, 0.6) is 5.75 Å². The fraction of sp³-hybridized carbons (Fsp3) is 0.143. The van der Waals surface area contributed by atoms with E-state index >= 15 is 0 Å². The first-order chi connectivity index (χ1) is 9.15. The molecule has 1 aromatic heterocycles. The lowest BCUT2D eigenvalue weighted by Crippen LogP contribution is -2.01. The van der Waals surface area contributed by atoms with Gasteiger partial charge in [0.2, 0.25) is 0 Å². The standard InChI is InChI=1S/C14H12ClNO3/c15-13-8-16-5-4-11(13)9-19-12-3-1-2-10(6-12)7-14(17)18/h1-6,8H,7,9H2,(H,17,18). The topological polar surface area (TPSA) is 59.4 Å². The Kier molecular flexibility index (Phi) is 4.36. The van der Waals surface area contributed by atoms with E-state index in [1.165, 1.54) is 0 Å². The molecule has 0 unspecified atom stereocenters. The summed E-state index contributed by atoms with van der Waals surface area (Å²) in [5.41, 5.74) is 1.53. The second kappa shape index (κ2) is 6.20. The third-order valence-electron chi connectivity index (χ3n) is 2.50. The summed E-state index contributed by atoms with van der Waals surface area (Å²) in [5.74, 6) is -0.249. The Morgan fingerprint density at radius 3 is 2.95 bits per heavy atom. The molecule has 1 N–H and O–H groups in total. The first-order valence-corrected chi connectivity index (χ1v) is 6.05. The summed E-state index contributed by atoms with van der Waals surface area (Å²) in [7, 11) is 0. The van der Waals surface area contributed by atoms with Gasteiger partial charge in [0.15, 0.2) is 0 Å². The predicted molar refractivity (Wildman–Crippen MR) is 71.4 cm³/mol. The van der Waals surface area contributed by atoms with Crippen molar-refractivity contribution in [3.63, 3.8) is 0 Å². The van der Waals surface area contributed by atoms with Gasteiger partial charge in [0.25, 0.3) is 0 Å². The molecule has 2 aromatic rings. The highest BCUT2D eigenvalue weighted by Gasteiger charge is 2.04. The molecule has 0 radical (unpaired) electrons. The lowest BCUT2D eigenvalue weighted by atomic mass is 10.1. The molecule has 0 atom stereocenters. The zero-order chi connectivity index (χ0) is 13.7. The van der Waals surface area contributed by atoms with Crippen LogP contribution in [0, 0.1) is 0 Å². The molecule has 0 bridgehead atoms. The molecule has 2 rings (SSSR count). The van der Waals surface area contributed by atoms with E-state index in [9.17, 15) is 4.79 Å². The van der Waals surface area contributed by atoms with E-state index < -0.39 is 5.97 Å². The van der Waals surface area contributed by atoms with Crippen LogP contribution in [0.15, 0.2) is 42.7 Å². The number of rotatable bonds is 5. The van der Waals surface area contributed by atoms with Crippen LogP contribution in [0.2, 0.25) is 5.02 Å². The fourth-order valence-electron chi connectivity index (χ4n) is 1.60. The third kappa shape index (κ3) is 3.96. The van der Waals surface area contributed by atoms with Gasteiger partial charge in [-0.3, -0.25) is 9.78 Å². The van der Waals surface area contributed by atoms with E-state index in [4.69, 9.17) is 21.4 Å². The highest BCUT2D eigenvalue weighted by molar-refractivity contribution is 6.31. The molecule has 0 fully saturated rings. The number of hydrogen-bond donors (Lipinski definition) is 1. The van der Waals surface area contributed by atoms with Crippen LogP contribution in [-0.2, 0) is 17.8 Å². The summed E-state index contributed by atoms with van der Waals surface area (Å²) >= 11 is 5.97. The highest BCUT2D eigenvalue weighted by atomic mass is 35.5. The van der Waals surface area contributed by atoms with Crippen molar-refractivity contribution < 1.29 is 14.6 Å². The van der Waals surface area contributed by atoms with Gasteiger partial charge in [0, 0.05) is 18.0 Å². The Labute approximate surface area is 115 Å². The molecule has 0 saturated heterocycles. The summed E-state index contributed by atoms with van der Waals surface area (Å²) in [4.78, 5) is 14.5. The molecule has 0 aliphatic carbocycles. The minimum Gasteiger partial charge on any atom is -0.489 e. The zero-order valence-corrected chi connectivity index (χ0v) is 10.8. The largest absolute Gasteiger partial charge is 0.489 e. The predicted octanol–water partition coefficient (Wildman–Crippen LogP) is 2.94. The van der Waals surface area contributed by atoms with Crippen molar-refractivity contribution in [2.75, 3.05) is 0 Å². The van der Waals surface area contributed by atoms with E-state index in [1.807, 2.05) is 0 Å². The molecule has 1 heterocycles. The monoisotopic (exact) mass is 277 g/mol. The normalized spacial score (nSPS) is 10.2. The van der Waals surface area contributed by atoms with E-state index in [0.29, 0.717) is 22.9 Å². The molecule has 19 heavy (non-hydrogen) atoms. The van der Waals surface area contributed by atoms with Gasteiger partial charge in [-0.25, -0.2) is 0 Å². The molecule has 5 heteroatoms. The number of benzene rings is 1. The lowest BCUT2D eigenvalue weighted by Gasteiger charge is -2.08. The SMILES string of the molecule is O=C(O)Cc1cccc(OCc2ccncc2Cl)c1. The molecular weight excluding hydrogens is 266 g/mol. The number of pyridine rings is 1. The fourth-order valence-corrected chi connectivity index (χ4v) is 1.78. The minimum atomic E-state index is -0.866. The van der Waals surface area contributed by atoms with Crippen LogP contribution in [0.4, 0.5) is 0 Å². The second-order valence-electron chi connectivity index (χ2n) is 3.97. The first kappa shape index (κ1) is 13.4. The number of hydrogen-bond acceptors (Lipinski definition) is 3. The molecule has 0 aliphatic rings. The Hall–Kier alpha value is -2.07. The van der Waals surface area contributed by atoms with Crippen molar-refractivity contribution in [3.05, 3.63) is 58.9 Å². The second-order valence-corrected chi connectivity index (χ2v) is 4.38. The van der Waals surface area contributed by atoms with Crippen molar-refractivity contribution in [1.82, 2.24) is 4.98 Å². The van der Waals surface area contributed by atoms with Crippen LogP contribution in [0.3, 0.4) is 0 Å². The number of carboxylic acid groups (broad SMARTS) is 1. The van der Waals surface area contributed by atoms with Crippen LogP contribution < -0.4 is 4.74 Å². The van der Waals surface area contributed by atoms with Gasteiger partial charge in [0.1, 0.15) is 12.4 Å². The number of aliphatic carboxylic acids is 1. The maximum absolute atomic E-state index is 10.6. The lowest BCUT2D eigenvalue weighted by molar-refractivity contribution is -0.136. The van der Waals surface area contributed by atoms with Gasteiger partial charge < -0.3 is 9.84 Å². The number of nitrogens with zero attached hydrogens (tertiary/aromatic N) is 1. The van der Waals surface area contributed by atoms with Gasteiger partial charge >= 0.3 is 5.97 Å². The summed E-state index contributed by atoms with van der Waals surface area (Å²) in [6.07, 6.45) is 3.18. The van der Waals surface area contributed by atoms with Gasteiger partial charge in [0.05, 0.1) is 11.4 Å². The quantitative estimate of drug-likeness (QED) is 0.913. The molecule has 98 valence electrons. The number of carboxylic acids is 1. The van der Waals surface area contributed by atoms with E-state index in [2.05, 4.69) is 4.98 Å². The van der Waals surface area contributed by atoms with E-state index in [0.717, 1.165) is 5.56 Å². The van der Waals surface area contributed by atoms with Gasteiger partial charge in [-0.05, 0) is 23.8 Å². The smallest absolute Gasteiger partial charge is 0.307 e. The molecule has 4 nitrogen and oxygen atoms in total. The highest BCUT2D eigenvalue weighted by Crippen LogP contribution is 2.18. The van der Waals surface area contributed by atoms with Crippen molar-refractivity contribution in [1.29, 1.82) is 0 Å². The Morgan fingerprint density at radius 1 is 1.37 bits per heavy atom. The van der Waals surface area contributed by atoms with Crippen LogP contribution in [0.25, 0.3) is 0 Å². The Morgan fingerprint density at radius 2 is 2.21 bits per heavy atom. The number of ether oxygens (including phenoxy) is 1. The zero-order valence-electron chi connectivity index (χ0n) is 10.0. The van der Waals surface area contributed by atoms with Gasteiger partial charge in [-0.1, -0.05) is 23.7 Å². The summed E-state index contributed by atoms with van der Waals surface area (Å²) in [5, 5.41) is 9.28. The first-order valence-electron chi connectivity index (χ1n) is 5.67. The van der Waals surface area contributed by atoms with E-state index in [1.54, 1.807) is 42.7 Å². The number of carbonyl (C=O) groups is 1. The van der Waals surface area contributed by atoms with Crippen molar-refractivity contribution in [2.45, 2.75) is 13.0 Å². The van der Waals surface area contributed by atoms with Crippen molar-refractivity contribution >= 4 is 17.6 Å². The number of halogens is 1. The van der Waals surface area contributed by atoms with Crippen LogP contribution >= 0.6 is 11.6 Å². The van der Waals surface area contributed by atoms with Gasteiger partial charge in [-0.2, -0.15) is 0 Å². The maximum Gasteiger partial charge on any atom is 0.307 e. The average Bonchev–Trinajstić information content (AvgIpc) is 2.37. The van der Waals surface area contributed by atoms with E-state index in [-0.39, 0.29) is 6.42 Å². The Balaban J connectivity index is 2.03. The van der Waals surface area contributed by atoms with Crippen LogP contribution in [0.1, 0.15) is 11.1 Å². The summed E-state index contributed by atoms with van der Waals surface area (Å²) in [6, 6.07) is 8.79. The number of aromatic nitrogens is 1.